The molecule has 1 heterocycles. The van der Waals surface area contributed by atoms with Gasteiger partial charge in [0.25, 0.3) is 0 Å². The second-order valence-corrected chi connectivity index (χ2v) is 4.32. The first-order valence-corrected chi connectivity index (χ1v) is 6.20. The molecule has 0 saturated carbocycles. The predicted octanol–water partition coefficient (Wildman–Crippen LogP) is -0.157. The van der Waals surface area contributed by atoms with Crippen LogP contribution in [0.3, 0.4) is 0 Å². The van der Waals surface area contributed by atoms with Gasteiger partial charge >= 0.3 is 0 Å². The highest BCUT2D eigenvalue weighted by Crippen LogP contribution is 2.09. The van der Waals surface area contributed by atoms with Gasteiger partial charge in [0.05, 0.1) is 12.1 Å². The quantitative estimate of drug-likeness (QED) is 0.630. The lowest BCUT2D eigenvalue weighted by Gasteiger charge is -2.10. The Morgan fingerprint density at radius 2 is 2.50 bits per heavy atom. The third-order valence-electron chi connectivity index (χ3n) is 2.35. The van der Waals surface area contributed by atoms with Crippen LogP contribution in [-0.2, 0) is 9.53 Å². The van der Waals surface area contributed by atoms with Crippen LogP contribution in [-0.4, -0.2) is 50.3 Å². The smallest absolute Gasteiger partial charge is 0.237 e. The molecule has 2 N–H and O–H groups in total. The number of methoxy groups -OCH3 is 1. The topological polar surface area (TPSA) is 50.4 Å². The largest absolute Gasteiger partial charge is 0.380 e. The Balaban J connectivity index is 2.18. The van der Waals surface area contributed by atoms with Gasteiger partial charge in [-0.05, 0) is 12.7 Å². The molecule has 1 saturated heterocycles. The Morgan fingerprint density at radius 1 is 1.71 bits per heavy atom. The molecule has 0 spiro atoms. The van der Waals surface area contributed by atoms with Crippen LogP contribution in [0, 0.1) is 0 Å². The number of nitrogens with one attached hydrogen (secondary N) is 2. The number of thioether (sulfide) groups is 1. The van der Waals surface area contributed by atoms with Crippen molar-refractivity contribution >= 4 is 17.7 Å². The lowest BCUT2D eigenvalue weighted by atomic mass is 10.2. The number of amides is 1. The summed E-state index contributed by atoms with van der Waals surface area (Å²) in [6, 6.07) is -0.0678. The maximum absolute atomic E-state index is 11.5. The van der Waals surface area contributed by atoms with Crippen LogP contribution < -0.4 is 10.6 Å². The maximum atomic E-state index is 11.5. The van der Waals surface area contributed by atoms with Gasteiger partial charge in [-0.3, -0.25) is 4.79 Å². The fraction of sp³-hybridized carbons (Fsp3) is 0.889. The van der Waals surface area contributed by atoms with Crippen molar-refractivity contribution in [2.75, 3.05) is 32.2 Å². The van der Waals surface area contributed by atoms with Gasteiger partial charge in [0.15, 0.2) is 0 Å². The van der Waals surface area contributed by atoms with Crippen LogP contribution in [0.15, 0.2) is 0 Å². The molecule has 5 heteroatoms. The summed E-state index contributed by atoms with van der Waals surface area (Å²) in [5, 5.41) is 6.03. The Morgan fingerprint density at radius 3 is 3.07 bits per heavy atom. The molecule has 82 valence electrons. The standard InChI is InChI=1S/C9H18N2O2S/c1-13-7-5-8(11-6-7)9(12)10-3-4-14-2/h7-8,11H,3-6H2,1-2H3,(H,10,12). The molecular weight excluding hydrogens is 200 g/mol. The Bertz CT molecular complexity index is 190. The molecular formula is C9H18N2O2S. The minimum absolute atomic E-state index is 0.0678. The molecule has 0 aromatic rings. The summed E-state index contributed by atoms with van der Waals surface area (Å²) in [6.07, 6.45) is 2.99. The van der Waals surface area contributed by atoms with Crippen molar-refractivity contribution in [2.24, 2.45) is 0 Å². The third-order valence-corrected chi connectivity index (χ3v) is 2.96. The zero-order chi connectivity index (χ0) is 10.4. The Hall–Kier alpha value is -0.260. The number of hydrogen-bond donors (Lipinski definition) is 2. The molecule has 0 aliphatic carbocycles. The molecule has 2 unspecified atom stereocenters. The van der Waals surface area contributed by atoms with Crippen molar-refractivity contribution < 1.29 is 9.53 Å². The Kier molecular flexibility index (Phi) is 5.29. The molecule has 0 aromatic heterocycles. The summed E-state index contributed by atoms with van der Waals surface area (Å²) < 4.78 is 5.17. The lowest BCUT2D eigenvalue weighted by Crippen LogP contribution is -2.41. The molecule has 2 atom stereocenters. The zero-order valence-corrected chi connectivity index (χ0v) is 9.52. The van der Waals surface area contributed by atoms with E-state index in [2.05, 4.69) is 10.6 Å². The zero-order valence-electron chi connectivity index (χ0n) is 8.71. The minimum atomic E-state index is -0.0678. The fourth-order valence-corrected chi connectivity index (χ4v) is 1.79. The molecule has 4 nitrogen and oxygen atoms in total. The van der Waals surface area contributed by atoms with Gasteiger partial charge in [-0.15, -0.1) is 0 Å². The van der Waals surface area contributed by atoms with Crippen LogP contribution in [0.4, 0.5) is 0 Å². The molecule has 1 aliphatic rings. The van der Waals surface area contributed by atoms with E-state index >= 15 is 0 Å². The van der Waals surface area contributed by atoms with Crippen molar-refractivity contribution in [1.29, 1.82) is 0 Å². The van der Waals surface area contributed by atoms with Crippen molar-refractivity contribution in [3.8, 4) is 0 Å². The number of carbonyl (C=O) groups is 1. The van der Waals surface area contributed by atoms with E-state index in [-0.39, 0.29) is 18.1 Å². The van der Waals surface area contributed by atoms with Gasteiger partial charge in [0.2, 0.25) is 5.91 Å². The summed E-state index contributed by atoms with van der Waals surface area (Å²) >= 11 is 1.73. The first kappa shape index (κ1) is 11.8. The van der Waals surface area contributed by atoms with Crippen LogP contribution in [0.5, 0.6) is 0 Å². The molecule has 1 amide bonds. The summed E-state index contributed by atoms with van der Waals surface area (Å²) in [4.78, 5) is 11.5. The molecule has 1 fully saturated rings. The van der Waals surface area contributed by atoms with E-state index in [9.17, 15) is 4.79 Å². The fourth-order valence-electron chi connectivity index (χ4n) is 1.48. The van der Waals surface area contributed by atoms with E-state index in [4.69, 9.17) is 4.74 Å². The minimum Gasteiger partial charge on any atom is -0.380 e. The van der Waals surface area contributed by atoms with Crippen LogP contribution in [0.1, 0.15) is 6.42 Å². The molecule has 14 heavy (non-hydrogen) atoms. The van der Waals surface area contributed by atoms with E-state index in [1.54, 1.807) is 18.9 Å². The van der Waals surface area contributed by atoms with Crippen molar-refractivity contribution in [3.05, 3.63) is 0 Å². The van der Waals surface area contributed by atoms with Gasteiger partial charge in [-0.25, -0.2) is 0 Å². The maximum Gasteiger partial charge on any atom is 0.237 e. The van der Waals surface area contributed by atoms with Gasteiger partial charge in [0.1, 0.15) is 0 Å². The predicted molar refractivity (Wildman–Crippen MR) is 58.6 cm³/mol. The van der Waals surface area contributed by atoms with Crippen molar-refractivity contribution in [3.63, 3.8) is 0 Å². The molecule has 0 aromatic carbocycles. The highest BCUT2D eigenvalue weighted by molar-refractivity contribution is 7.98. The molecule has 0 bridgehead atoms. The van der Waals surface area contributed by atoms with Crippen molar-refractivity contribution in [2.45, 2.75) is 18.6 Å². The summed E-state index contributed by atoms with van der Waals surface area (Å²) in [7, 11) is 1.68. The highest BCUT2D eigenvalue weighted by atomic mass is 32.2. The highest BCUT2D eigenvalue weighted by Gasteiger charge is 2.28. The second kappa shape index (κ2) is 6.27. The van der Waals surface area contributed by atoms with Crippen LogP contribution in [0.2, 0.25) is 0 Å². The first-order valence-electron chi connectivity index (χ1n) is 4.80. The number of ether oxygens (including phenoxy) is 1. The van der Waals surface area contributed by atoms with E-state index in [0.717, 1.165) is 25.3 Å². The molecule has 1 rings (SSSR count). The number of carbonyl (C=O) groups excluding carboxylic acids is 1. The van der Waals surface area contributed by atoms with Gasteiger partial charge in [-0.1, -0.05) is 0 Å². The summed E-state index contributed by atoms with van der Waals surface area (Å²) in [5.41, 5.74) is 0. The lowest BCUT2D eigenvalue weighted by molar-refractivity contribution is -0.122. The monoisotopic (exact) mass is 218 g/mol. The van der Waals surface area contributed by atoms with Gasteiger partial charge in [-0.2, -0.15) is 11.8 Å². The summed E-state index contributed by atoms with van der Waals surface area (Å²) in [5.74, 6) is 1.06. The first-order chi connectivity index (χ1) is 6.77. The van der Waals surface area contributed by atoms with Crippen LogP contribution >= 0.6 is 11.8 Å². The van der Waals surface area contributed by atoms with E-state index in [1.165, 1.54) is 0 Å². The van der Waals surface area contributed by atoms with Gasteiger partial charge < -0.3 is 15.4 Å². The second-order valence-electron chi connectivity index (χ2n) is 3.34. The summed E-state index contributed by atoms with van der Waals surface area (Å²) in [6.45, 7) is 1.52. The number of rotatable bonds is 5. The molecule has 1 aliphatic heterocycles. The van der Waals surface area contributed by atoms with E-state index in [1.807, 2.05) is 6.26 Å². The normalized spacial score (nSPS) is 26.4. The van der Waals surface area contributed by atoms with Gasteiger partial charge in [0, 0.05) is 26.0 Å². The average molecular weight is 218 g/mol. The third kappa shape index (κ3) is 3.48. The van der Waals surface area contributed by atoms with Crippen molar-refractivity contribution in [1.82, 2.24) is 10.6 Å². The Labute approximate surface area is 89.2 Å². The average Bonchev–Trinajstić information content (AvgIpc) is 2.66. The van der Waals surface area contributed by atoms with Crippen LogP contribution in [0.25, 0.3) is 0 Å². The SMILES string of the molecule is COC1CNC(C(=O)NCCSC)C1. The molecule has 0 radical (unpaired) electrons. The number of hydrogen-bond acceptors (Lipinski definition) is 4. The van der Waals surface area contributed by atoms with E-state index in [0.29, 0.717) is 0 Å². The van der Waals surface area contributed by atoms with E-state index < -0.39 is 0 Å².